The lowest BCUT2D eigenvalue weighted by Crippen LogP contribution is -2.29. The average Bonchev–Trinajstić information content (AvgIpc) is 2.93. The van der Waals surface area contributed by atoms with Crippen molar-refractivity contribution in [2.45, 2.75) is 19.5 Å². The number of pyridine rings is 1. The number of nitrogens with zero attached hydrogens (tertiary/aromatic N) is 5. The van der Waals surface area contributed by atoms with E-state index in [1.807, 2.05) is 37.8 Å². The van der Waals surface area contributed by atoms with Crippen LogP contribution >= 0.6 is 11.3 Å². The Balaban J connectivity index is 1.66. The average molecular weight is 325 g/mol. The Labute approximate surface area is 139 Å². The maximum Gasteiger partial charge on any atom is 0.140 e. The summed E-state index contributed by atoms with van der Waals surface area (Å²) in [7, 11) is 4.09. The van der Waals surface area contributed by atoms with Crippen LogP contribution in [0.1, 0.15) is 16.0 Å². The molecule has 0 fully saturated rings. The minimum absolute atomic E-state index is 0.975. The SMILES string of the molecule is CN(C)c1ncnc2sc3c(c12)CCN(Cc1ccncc1)C3. The van der Waals surface area contributed by atoms with Gasteiger partial charge in [0.15, 0.2) is 0 Å². The molecule has 3 aromatic rings. The van der Waals surface area contributed by atoms with Gasteiger partial charge in [-0.05, 0) is 29.7 Å². The van der Waals surface area contributed by atoms with E-state index < -0.39 is 0 Å². The van der Waals surface area contributed by atoms with Crippen LogP contribution < -0.4 is 4.90 Å². The van der Waals surface area contributed by atoms with Crippen LogP contribution in [0.5, 0.6) is 0 Å². The Morgan fingerprint density at radius 1 is 1.22 bits per heavy atom. The van der Waals surface area contributed by atoms with Gasteiger partial charge in [-0.25, -0.2) is 9.97 Å². The van der Waals surface area contributed by atoms with Gasteiger partial charge in [0, 0.05) is 51.0 Å². The second-order valence-corrected chi connectivity index (χ2v) is 7.18. The van der Waals surface area contributed by atoms with Gasteiger partial charge in [-0.2, -0.15) is 0 Å². The van der Waals surface area contributed by atoms with Crippen LogP contribution in [0.3, 0.4) is 0 Å². The molecular weight excluding hydrogens is 306 g/mol. The minimum Gasteiger partial charge on any atom is -0.362 e. The second-order valence-electron chi connectivity index (χ2n) is 6.09. The molecule has 6 heteroatoms. The van der Waals surface area contributed by atoms with Crippen molar-refractivity contribution in [1.29, 1.82) is 0 Å². The molecule has 0 spiro atoms. The monoisotopic (exact) mass is 325 g/mol. The molecule has 3 aromatic heterocycles. The molecule has 0 radical (unpaired) electrons. The van der Waals surface area contributed by atoms with Crippen molar-refractivity contribution in [3.8, 4) is 0 Å². The molecule has 0 bridgehead atoms. The molecule has 0 atom stereocenters. The van der Waals surface area contributed by atoms with Gasteiger partial charge >= 0.3 is 0 Å². The van der Waals surface area contributed by atoms with Crippen molar-refractivity contribution in [2.75, 3.05) is 25.5 Å². The first-order valence-corrected chi connectivity index (χ1v) is 8.58. The summed E-state index contributed by atoms with van der Waals surface area (Å²) in [4.78, 5) is 20.2. The summed E-state index contributed by atoms with van der Waals surface area (Å²) in [6, 6.07) is 4.19. The standard InChI is InChI=1S/C17H19N5S/c1-21(2)16-15-13-5-8-22(9-12-3-6-18-7-4-12)10-14(13)23-17(15)20-11-19-16/h3-4,6-7,11H,5,8-10H2,1-2H3. The van der Waals surface area contributed by atoms with E-state index in [0.717, 1.165) is 36.7 Å². The van der Waals surface area contributed by atoms with Crippen molar-refractivity contribution in [3.63, 3.8) is 0 Å². The molecule has 0 saturated heterocycles. The van der Waals surface area contributed by atoms with E-state index in [2.05, 4.69) is 36.9 Å². The van der Waals surface area contributed by atoms with Crippen molar-refractivity contribution in [3.05, 3.63) is 46.9 Å². The van der Waals surface area contributed by atoms with Crippen LogP contribution in [0.2, 0.25) is 0 Å². The van der Waals surface area contributed by atoms with Crippen LogP contribution in [-0.4, -0.2) is 40.5 Å². The molecular formula is C17H19N5S. The number of fused-ring (bicyclic) bond motifs is 3. The van der Waals surface area contributed by atoms with Crippen molar-refractivity contribution < 1.29 is 0 Å². The lowest BCUT2D eigenvalue weighted by molar-refractivity contribution is 0.249. The molecule has 0 unspecified atom stereocenters. The molecule has 0 amide bonds. The Bertz CT molecular complexity index is 828. The number of hydrogen-bond acceptors (Lipinski definition) is 6. The topological polar surface area (TPSA) is 45.2 Å². The molecule has 118 valence electrons. The first kappa shape index (κ1) is 14.5. The van der Waals surface area contributed by atoms with Crippen LogP contribution in [-0.2, 0) is 19.5 Å². The van der Waals surface area contributed by atoms with E-state index in [9.17, 15) is 0 Å². The molecule has 0 saturated carbocycles. The molecule has 0 N–H and O–H groups in total. The van der Waals surface area contributed by atoms with Gasteiger partial charge in [0.25, 0.3) is 0 Å². The largest absolute Gasteiger partial charge is 0.362 e. The maximum atomic E-state index is 4.49. The highest BCUT2D eigenvalue weighted by molar-refractivity contribution is 7.18. The number of aromatic nitrogens is 3. The van der Waals surface area contributed by atoms with Gasteiger partial charge in [0.1, 0.15) is 17.0 Å². The molecule has 23 heavy (non-hydrogen) atoms. The maximum absolute atomic E-state index is 4.49. The number of anilines is 1. The summed E-state index contributed by atoms with van der Waals surface area (Å²) in [5.41, 5.74) is 2.76. The van der Waals surface area contributed by atoms with Gasteiger partial charge in [0.2, 0.25) is 0 Å². The fourth-order valence-corrected chi connectivity index (χ4v) is 4.41. The third kappa shape index (κ3) is 2.68. The number of hydrogen-bond donors (Lipinski definition) is 0. The van der Waals surface area contributed by atoms with Gasteiger partial charge in [-0.3, -0.25) is 9.88 Å². The van der Waals surface area contributed by atoms with E-state index in [1.54, 1.807) is 6.33 Å². The van der Waals surface area contributed by atoms with Crippen LogP contribution in [0, 0.1) is 0 Å². The third-order valence-corrected chi connectivity index (χ3v) is 5.40. The summed E-state index contributed by atoms with van der Waals surface area (Å²) in [5, 5.41) is 1.25. The van der Waals surface area contributed by atoms with E-state index in [0.29, 0.717) is 0 Å². The minimum atomic E-state index is 0.975. The normalized spacial score (nSPS) is 14.9. The zero-order chi connectivity index (χ0) is 15.8. The molecule has 0 aromatic carbocycles. The van der Waals surface area contributed by atoms with Crippen LogP contribution in [0.4, 0.5) is 5.82 Å². The highest BCUT2D eigenvalue weighted by atomic mass is 32.1. The van der Waals surface area contributed by atoms with Gasteiger partial charge in [-0.1, -0.05) is 0 Å². The van der Waals surface area contributed by atoms with Gasteiger partial charge in [0.05, 0.1) is 5.39 Å². The third-order valence-electron chi connectivity index (χ3n) is 4.28. The predicted molar refractivity (Wildman–Crippen MR) is 93.8 cm³/mol. The highest BCUT2D eigenvalue weighted by Gasteiger charge is 2.24. The van der Waals surface area contributed by atoms with E-state index in [1.165, 1.54) is 21.4 Å². The number of thiophene rings is 1. The first-order chi connectivity index (χ1) is 11.2. The Kier molecular flexibility index (Phi) is 3.71. The van der Waals surface area contributed by atoms with Gasteiger partial charge < -0.3 is 4.90 Å². The summed E-state index contributed by atoms with van der Waals surface area (Å²) in [6.45, 7) is 3.04. The summed E-state index contributed by atoms with van der Waals surface area (Å²) < 4.78 is 0. The van der Waals surface area contributed by atoms with Crippen LogP contribution in [0.25, 0.3) is 10.2 Å². The van der Waals surface area contributed by atoms with Crippen LogP contribution in [0.15, 0.2) is 30.9 Å². The van der Waals surface area contributed by atoms with Crippen molar-refractivity contribution in [2.24, 2.45) is 0 Å². The Morgan fingerprint density at radius 2 is 2.04 bits per heavy atom. The Morgan fingerprint density at radius 3 is 2.83 bits per heavy atom. The lowest BCUT2D eigenvalue weighted by atomic mass is 10.0. The fourth-order valence-electron chi connectivity index (χ4n) is 3.18. The zero-order valence-corrected chi connectivity index (χ0v) is 14.2. The van der Waals surface area contributed by atoms with E-state index in [-0.39, 0.29) is 0 Å². The van der Waals surface area contributed by atoms with E-state index >= 15 is 0 Å². The zero-order valence-electron chi connectivity index (χ0n) is 13.4. The first-order valence-electron chi connectivity index (χ1n) is 7.76. The molecule has 4 heterocycles. The molecule has 5 nitrogen and oxygen atoms in total. The van der Waals surface area contributed by atoms with Gasteiger partial charge in [-0.15, -0.1) is 11.3 Å². The smallest absolute Gasteiger partial charge is 0.140 e. The highest BCUT2D eigenvalue weighted by Crippen LogP contribution is 2.38. The van der Waals surface area contributed by atoms with Crippen molar-refractivity contribution >= 4 is 27.4 Å². The van der Waals surface area contributed by atoms with Crippen molar-refractivity contribution in [1.82, 2.24) is 19.9 Å². The molecule has 1 aliphatic heterocycles. The summed E-state index contributed by atoms with van der Waals surface area (Å²) >= 11 is 1.81. The molecule has 0 aliphatic carbocycles. The second kappa shape index (κ2) is 5.86. The quantitative estimate of drug-likeness (QED) is 0.741. The number of rotatable bonds is 3. The lowest BCUT2D eigenvalue weighted by Gasteiger charge is -2.27. The molecule has 4 rings (SSSR count). The Hall–Kier alpha value is -2.05. The summed E-state index contributed by atoms with van der Waals surface area (Å²) in [6.07, 6.45) is 6.47. The fraction of sp³-hybridized carbons (Fsp3) is 0.353. The predicted octanol–water partition coefficient (Wildman–Crippen LogP) is 2.71. The van der Waals surface area contributed by atoms with E-state index in [4.69, 9.17) is 0 Å². The summed E-state index contributed by atoms with van der Waals surface area (Å²) in [5.74, 6) is 1.04. The molecule has 1 aliphatic rings.